The van der Waals surface area contributed by atoms with Gasteiger partial charge in [-0.25, -0.2) is 0 Å². The number of ether oxygens (including phenoxy) is 3. The molecular weight excluding hydrogens is 392 g/mol. The van der Waals surface area contributed by atoms with Crippen molar-refractivity contribution in [2.24, 2.45) is 4.99 Å². The van der Waals surface area contributed by atoms with E-state index in [-0.39, 0.29) is 6.10 Å². The highest BCUT2D eigenvalue weighted by atomic mass is 16.5. The Balaban J connectivity index is 1.49. The maximum Gasteiger partial charge on any atom is 0.191 e. The van der Waals surface area contributed by atoms with E-state index in [0.29, 0.717) is 13.1 Å². The second kappa shape index (κ2) is 12.2. The second-order valence-electron chi connectivity index (χ2n) is 7.54. The van der Waals surface area contributed by atoms with Crippen molar-refractivity contribution in [3.8, 4) is 11.5 Å². The van der Waals surface area contributed by atoms with Crippen LogP contribution in [0.4, 0.5) is 0 Å². The highest BCUT2D eigenvalue weighted by Gasteiger charge is 2.13. The molecular formula is C24H34N4O3. The van der Waals surface area contributed by atoms with Crippen LogP contribution in [0.3, 0.4) is 0 Å². The van der Waals surface area contributed by atoms with Crippen molar-refractivity contribution in [2.45, 2.75) is 26.1 Å². The molecule has 1 fully saturated rings. The minimum Gasteiger partial charge on any atom is -0.493 e. The molecule has 168 valence electrons. The number of guanidine groups is 1. The molecule has 1 aliphatic rings. The van der Waals surface area contributed by atoms with Gasteiger partial charge in [-0.1, -0.05) is 36.4 Å². The van der Waals surface area contributed by atoms with Crippen LogP contribution in [-0.4, -0.2) is 64.0 Å². The largest absolute Gasteiger partial charge is 0.493 e. The van der Waals surface area contributed by atoms with E-state index in [1.54, 1.807) is 14.2 Å². The summed E-state index contributed by atoms with van der Waals surface area (Å²) >= 11 is 0. The number of benzene rings is 2. The van der Waals surface area contributed by atoms with Crippen LogP contribution in [0.2, 0.25) is 0 Å². The van der Waals surface area contributed by atoms with Gasteiger partial charge in [0.15, 0.2) is 17.5 Å². The molecule has 0 amide bonds. The Hall–Kier alpha value is -2.77. The summed E-state index contributed by atoms with van der Waals surface area (Å²) in [5.41, 5.74) is 2.61. The molecule has 7 heteroatoms. The first-order chi connectivity index (χ1) is 15.2. The van der Waals surface area contributed by atoms with E-state index < -0.39 is 0 Å². The Bertz CT molecular complexity index is 837. The molecule has 2 aromatic rings. The first-order valence-electron chi connectivity index (χ1n) is 10.8. The third kappa shape index (κ3) is 7.15. The summed E-state index contributed by atoms with van der Waals surface area (Å²) in [6.45, 7) is 7.87. The van der Waals surface area contributed by atoms with E-state index in [1.165, 1.54) is 11.1 Å². The molecule has 1 atom stereocenters. The molecule has 2 N–H and O–H groups in total. The van der Waals surface area contributed by atoms with E-state index in [1.807, 2.05) is 31.2 Å². The van der Waals surface area contributed by atoms with Gasteiger partial charge in [0.25, 0.3) is 0 Å². The Morgan fingerprint density at radius 3 is 2.42 bits per heavy atom. The quantitative estimate of drug-likeness (QED) is 0.475. The van der Waals surface area contributed by atoms with Gasteiger partial charge in [-0.15, -0.1) is 0 Å². The highest BCUT2D eigenvalue weighted by Crippen LogP contribution is 2.26. The summed E-state index contributed by atoms with van der Waals surface area (Å²) in [6.07, 6.45) is -0.0524. The summed E-state index contributed by atoms with van der Waals surface area (Å²) in [6, 6.07) is 16.2. The van der Waals surface area contributed by atoms with Gasteiger partial charge in [0.1, 0.15) is 6.10 Å². The van der Waals surface area contributed by atoms with Gasteiger partial charge in [-0.3, -0.25) is 9.89 Å². The van der Waals surface area contributed by atoms with Crippen LogP contribution in [0, 0.1) is 0 Å². The number of para-hydroxylation sites is 2. The second-order valence-corrected chi connectivity index (χ2v) is 7.54. The molecule has 1 heterocycles. The minimum atomic E-state index is -0.0524. The van der Waals surface area contributed by atoms with Crippen LogP contribution < -0.4 is 20.1 Å². The number of aliphatic imine (C=N–C) groups is 1. The molecule has 1 unspecified atom stereocenters. The maximum atomic E-state index is 6.01. The Labute approximate surface area is 185 Å². The zero-order chi connectivity index (χ0) is 21.9. The fourth-order valence-electron chi connectivity index (χ4n) is 3.50. The van der Waals surface area contributed by atoms with Gasteiger partial charge in [0.2, 0.25) is 0 Å². The Kier molecular flexibility index (Phi) is 8.99. The van der Waals surface area contributed by atoms with Gasteiger partial charge in [0.05, 0.1) is 26.9 Å². The van der Waals surface area contributed by atoms with Crippen LogP contribution in [0.1, 0.15) is 18.1 Å². The summed E-state index contributed by atoms with van der Waals surface area (Å²) in [7, 11) is 3.43. The third-order valence-corrected chi connectivity index (χ3v) is 5.24. The molecule has 0 spiro atoms. The fourth-order valence-corrected chi connectivity index (χ4v) is 3.50. The molecule has 31 heavy (non-hydrogen) atoms. The van der Waals surface area contributed by atoms with Crippen molar-refractivity contribution in [3.63, 3.8) is 0 Å². The molecule has 2 aromatic carbocycles. The van der Waals surface area contributed by atoms with Gasteiger partial charge in [-0.05, 0) is 30.2 Å². The summed E-state index contributed by atoms with van der Waals surface area (Å²) < 4.78 is 16.8. The first-order valence-corrected chi connectivity index (χ1v) is 10.8. The monoisotopic (exact) mass is 426 g/mol. The number of rotatable bonds is 9. The van der Waals surface area contributed by atoms with Gasteiger partial charge in [0, 0.05) is 33.2 Å². The van der Waals surface area contributed by atoms with Gasteiger partial charge >= 0.3 is 0 Å². The fraction of sp³-hybridized carbons (Fsp3) is 0.458. The van der Waals surface area contributed by atoms with E-state index in [9.17, 15) is 0 Å². The lowest BCUT2D eigenvalue weighted by molar-refractivity contribution is 0.0341. The predicted molar refractivity (Wildman–Crippen MR) is 124 cm³/mol. The summed E-state index contributed by atoms with van der Waals surface area (Å²) in [4.78, 5) is 6.79. The van der Waals surface area contributed by atoms with Crippen molar-refractivity contribution in [1.29, 1.82) is 0 Å². The van der Waals surface area contributed by atoms with Crippen molar-refractivity contribution >= 4 is 5.96 Å². The molecule has 7 nitrogen and oxygen atoms in total. The van der Waals surface area contributed by atoms with E-state index in [4.69, 9.17) is 14.2 Å². The molecule has 0 bridgehead atoms. The molecule has 0 radical (unpaired) electrons. The summed E-state index contributed by atoms with van der Waals surface area (Å²) in [5, 5.41) is 6.76. The molecule has 1 saturated heterocycles. The number of methoxy groups -OCH3 is 1. The topological polar surface area (TPSA) is 67.4 Å². The van der Waals surface area contributed by atoms with E-state index in [2.05, 4.69) is 44.8 Å². The van der Waals surface area contributed by atoms with Gasteiger partial charge in [-0.2, -0.15) is 0 Å². The molecule has 3 rings (SSSR count). The average molecular weight is 427 g/mol. The SMILES string of the molecule is CN=C(NCc1ccccc1CN1CCOCC1)NCC(C)Oc1ccccc1OC. The van der Waals surface area contributed by atoms with Crippen molar-refractivity contribution in [1.82, 2.24) is 15.5 Å². The lowest BCUT2D eigenvalue weighted by atomic mass is 10.1. The van der Waals surface area contributed by atoms with Crippen LogP contribution in [0.25, 0.3) is 0 Å². The van der Waals surface area contributed by atoms with Crippen LogP contribution >= 0.6 is 0 Å². The predicted octanol–water partition coefficient (Wildman–Crippen LogP) is 2.66. The van der Waals surface area contributed by atoms with Gasteiger partial charge < -0.3 is 24.8 Å². The number of morpholine rings is 1. The highest BCUT2D eigenvalue weighted by molar-refractivity contribution is 5.79. The number of hydrogen-bond acceptors (Lipinski definition) is 5. The minimum absolute atomic E-state index is 0.0524. The molecule has 0 aliphatic carbocycles. The number of hydrogen-bond donors (Lipinski definition) is 2. The zero-order valence-corrected chi connectivity index (χ0v) is 18.8. The standard InChI is InChI=1S/C24H34N4O3/c1-19(31-23-11-7-6-10-22(23)29-3)16-26-24(25-2)27-17-20-8-4-5-9-21(20)18-28-12-14-30-15-13-28/h4-11,19H,12-18H2,1-3H3,(H2,25,26,27). The van der Waals surface area contributed by atoms with Crippen molar-refractivity contribution in [2.75, 3.05) is 47.0 Å². The zero-order valence-electron chi connectivity index (χ0n) is 18.8. The molecule has 1 aliphatic heterocycles. The number of nitrogens with one attached hydrogen (secondary N) is 2. The van der Waals surface area contributed by atoms with Crippen LogP contribution in [-0.2, 0) is 17.8 Å². The van der Waals surface area contributed by atoms with Crippen LogP contribution in [0.5, 0.6) is 11.5 Å². The smallest absolute Gasteiger partial charge is 0.191 e. The first kappa shape index (κ1) is 22.9. The lowest BCUT2D eigenvalue weighted by Crippen LogP contribution is -2.41. The lowest BCUT2D eigenvalue weighted by Gasteiger charge is -2.27. The molecule has 0 aromatic heterocycles. The maximum absolute atomic E-state index is 6.01. The Morgan fingerprint density at radius 2 is 1.71 bits per heavy atom. The van der Waals surface area contributed by atoms with Crippen molar-refractivity contribution in [3.05, 3.63) is 59.7 Å². The summed E-state index contributed by atoms with van der Waals surface area (Å²) in [5.74, 6) is 2.21. The third-order valence-electron chi connectivity index (χ3n) is 5.24. The normalized spacial score (nSPS) is 15.9. The van der Waals surface area contributed by atoms with Crippen LogP contribution in [0.15, 0.2) is 53.5 Å². The molecule has 0 saturated carbocycles. The van der Waals surface area contributed by atoms with E-state index in [0.717, 1.165) is 50.3 Å². The van der Waals surface area contributed by atoms with E-state index >= 15 is 0 Å². The van der Waals surface area contributed by atoms with Crippen molar-refractivity contribution < 1.29 is 14.2 Å². The average Bonchev–Trinajstić information content (AvgIpc) is 2.81. The number of nitrogens with zero attached hydrogens (tertiary/aromatic N) is 2. The Morgan fingerprint density at radius 1 is 1.03 bits per heavy atom.